The Balaban J connectivity index is 2.08. The molecule has 0 spiro atoms. The van der Waals surface area contributed by atoms with E-state index in [1.165, 1.54) is 12.1 Å². The fourth-order valence-electron chi connectivity index (χ4n) is 2.48. The van der Waals surface area contributed by atoms with Gasteiger partial charge in [0.25, 0.3) is 11.6 Å². The lowest BCUT2D eigenvalue weighted by molar-refractivity contribution is -0.384. The maximum atomic E-state index is 11.1. The van der Waals surface area contributed by atoms with Gasteiger partial charge in [0.15, 0.2) is 0 Å². The molecular weight excluding hydrogens is 372 g/mol. The minimum atomic E-state index is -0.571. The summed E-state index contributed by atoms with van der Waals surface area (Å²) in [7, 11) is 0. The minimum absolute atomic E-state index is 0.0748. The molecule has 2 aromatic carbocycles. The van der Waals surface area contributed by atoms with Crippen LogP contribution in [-0.4, -0.2) is 30.5 Å². The molecule has 0 heterocycles. The van der Waals surface area contributed by atoms with E-state index in [0.29, 0.717) is 18.8 Å². The molecule has 9 nitrogen and oxygen atoms in total. The van der Waals surface area contributed by atoms with Crippen LogP contribution in [0, 0.1) is 33.8 Å². The van der Waals surface area contributed by atoms with Crippen molar-refractivity contribution in [3.63, 3.8) is 0 Å². The summed E-state index contributed by atoms with van der Waals surface area (Å²) in [4.78, 5) is 23.4. The highest BCUT2D eigenvalue weighted by Gasteiger charge is 2.10. The van der Waals surface area contributed by atoms with Gasteiger partial charge < -0.3 is 10.2 Å². The Bertz CT molecular complexity index is 1000. The van der Waals surface area contributed by atoms with Crippen molar-refractivity contribution in [3.05, 3.63) is 58.1 Å². The number of amides is 1. The van der Waals surface area contributed by atoms with E-state index in [4.69, 9.17) is 11.7 Å². The van der Waals surface area contributed by atoms with Gasteiger partial charge in [-0.25, -0.2) is 0 Å². The van der Waals surface area contributed by atoms with Crippen molar-refractivity contribution in [2.75, 3.05) is 24.5 Å². The SMILES string of the molecule is C#CC(=O)NCCN(CC)c1ccc(N=Nc2ccc([N+](=O)[O-])cc2C#N)cc1. The maximum Gasteiger partial charge on any atom is 0.295 e. The van der Waals surface area contributed by atoms with E-state index in [0.717, 1.165) is 18.3 Å². The van der Waals surface area contributed by atoms with Crippen LogP contribution in [0.15, 0.2) is 52.7 Å². The van der Waals surface area contributed by atoms with Gasteiger partial charge in [0, 0.05) is 37.5 Å². The molecule has 2 rings (SSSR count). The summed E-state index contributed by atoms with van der Waals surface area (Å²) in [6, 6.07) is 13.0. The van der Waals surface area contributed by atoms with E-state index >= 15 is 0 Å². The van der Waals surface area contributed by atoms with Gasteiger partial charge in [0.2, 0.25) is 0 Å². The molecule has 29 heavy (non-hydrogen) atoms. The number of non-ortho nitro benzene ring substituents is 1. The fraction of sp³-hybridized carbons (Fsp3) is 0.200. The average Bonchev–Trinajstić information content (AvgIpc) is 2.75. The number of azo groups is 1. The number of nitriles is 1. The van der Waals surface area contributed by atoms with Crippen molar-refractivity contribution < 1.29 is 9.72 Å². The molecule has 0 aliphatic rings. The van der Waals surface area contributed by atoms with E-state index in [2.05, 4.69) is 20.4 Å². The van der Waals surface area contributed by atoms with E-state index in [1.54, 1.807) is 12.1 Å². The topological polar surface area (TPSA) is 124 Å². The number of nitrogens with zero attached hydrogens (tertiary/aromatic N) is 5. The number of anilines is 1. The molecule has 0 fully saturated rings. The monoisotopic (exact) mass is 390 g/mol. The minimum Gasteiger partial charge on any atom is -0.370 e. The summed E-state index contributed by atoms with van der Waals surface area (Å²) in [5.74, 6) is 1.56. The first kappa shape index (κ1) is 21.1. The third kappa shape index (κ3) is 5.88. The Morgan fingerprint density at radius 3 is 2.59 bits per heavy atom. The van der Waals surface area contributed by atoms with Crippen molar-refractivity contribution in [1.82, 2.24) is 5.32 Å². The summed E-state index contributed by atoms with van der Waals surface area (Å²) in [5.41, 5.74) is 1.65. The average molecular weight is 390 g/mol. The normalized spacial score (nSPS) is 10.2. The number of nitro benzene ring substituents is 1. The van der Waals surface area contributed by atoms with Crippen molar-refractivity contribution >= 4 is 28.7 Å². The zero-order valence-electron chi connectivity index (χ0n) is 15.7. The van der Waals surface area contributed by atoms with Gasteiger partial charge in [-0.15, -0.1) is 11.5 Å². The van der Waals surface area contributed by atoms with Crippen LogP contribution < -0.4 is 10.2 Å². The highest BCUT2D eigenvalue weighted by Crippen LogP contribution is 2.26. The molecule has 1 N–H and O–H groups in total. The van der Waals surface area contributed by atoms with Gasteiger partial charge in [-0.1, -0.05) is 0 Å². The number of carbonyl (C=O) groups excluding carboxylic acids is 1. The second-order valence-electron chi connectivity index (χ2n) is 5.77. The lowest BCUT2D eigenvalue weighted by Gasteiger charge is -2.23. The van der Waals surface area contributed by atoms with Gasteiger partial charge in [-0.3, -0.25) is 14.9 Å². The highest BCUT2D eigenvalue weighted by molar-refractivity contribution is 5.92. The number of hydrogen-bond acceptors (Lipinski definition) is 7. The van der Waals surface area contributed by atoms with Crippen LogP contribution in [0.1, 0.15) is 12.5 Å². The second kappa shape index (κ2) is 10.2. The fourth-order valence-corrected chi connectivity index (χ4v) is 2.48. The molecule has 146 valence electrons. The molecule has 2 aromatic rings. The summed E-state index contributed by atoms with van der Waals surface area (Å²) in [6.45, 7) is 3.75. The summed E-state index contributed by atoms with van der Waals surface area (Å²) in [6.07, 6.45) is 5.02. The molecule has 0 unspecified atom stereocenters. The van der Waals surface area contributed by atoms with Gasteiger partial charge in [0.1, 0.15) is 11.8 Å². The molecule has 0 radical (unpaired) electrons. The number of nitro groups is 1. The predicted octanol–water partition coefficient (Wildman–Crippen LogP) is 3.46. The predicted molar refractivity (Wildman–Crippen MR) is 108 cm³/mol. The molecular formula is C20H18N6O3. The van der Waals surface area contributed by atoms with E-state index in [1.807, 2.05) is 31.0 Å². The lowest BCUT2D eigenvalue weighted by Crippen LogP contribution is -2.34. The number of nitrogens with one attached hydrogen (secondary N) is 1. The smallest absolute Gasteiger partial charge is 0.295 e. The molecule has 0 atom stereocenters. The number of carbonyl (C=O) groups is 1. The van der Waals surface area contributed by atoms with Crippen LogP contribution in [0.25, 0.3) is 0 Å². The Morgan fingerprint density at radius 1 is 1.28 bits per heavy atom. The summed E-state index contributed by atoms with van der Waals surface area (Å²) in [5, 5.41) is 30.7. The third-order valence-electron chi connectivity index (χ3n) is 3.98. The van der Waals surface area contributed by atoms with Crippen molar-refractivity contribution in [1.29, 1.82) is 5.26 Å². The van der Waals surface area contributed by atoms with Crippen LogP contribution in [0.4, 0.5) is 22.7 Å². The number of likely N-dealkylation sites (N-methyl/N-ethyl adjacent to an activating group) is 1. The molecule has 9 heteroatoms. The standard InChI is InChI=1S/C20H18N6O3/c1-3-20(27)22-11-12-25(4-2)17-7-5-16(6-8-17)23-24-19-10-9-18(26(28)29)13-15(19)14-21/h1,5-10,13H,4,11-12H2,2H3,(H,22,27). The Hall–Kier alpha value is -4.24. The van der Waals surface area contributed by atoms with Gasteiger partial charge >= 0.3 is 0 Å². The largest absolute Gasteiger partial charge is 0.370 e. The number of benzene rings is 2. The van der Waals surface area contributed by atoms with Crippen molar-refractivity contribution in [3.8, 4) is 18.4 Å². The van der Waals surface area contributed by atoms with Crippen molar-refractivity contribution in [2.45, 2.75) is 6.92 Å². The van der Waals surface area contributed by atoms with Crippen LogP contribution >= 0.6 is 0 Å². The summed E-state index contributed by atoms with van der Waals surface area (Å²) < 4.78 is 0. The molecule has 0 saturated carbocycles. The first-order valence-corrected chi connectivity index (χ1v) is 8.68. The first-order chi connectivity index (χ1) is 14.0. The molecule has 0 bridgehead atoms. The van der Waals surface area contributed by atoms with E-state index in [9.17, 15) is 14.9 Å². The van der Waals surface area contributed by atoms with Gasteiger partial charge in [0.05, 0.1) is 16.2 Å². The highest BCUT2D eigenvalue weighted by atomic mass is 16.6. The Morgan fingerprint density at radius 2 is 2.00 bits per heavy atom. The quantitative estimate of drug-likeness (QED) is 0.320. The zero-order valence-corrected chi connectivity index (χ0v) is 15.7. The second-order valence-corrected chi connectivity index (χ2v) is 5.77. The molecule has 1 amide bonds. The van der Waals surface area contributed by atoms with Crippen LogP contribution in [0.3, 0.4) is 0 Å². The number of rotatable bonds is 8. The number of terminal acetylenes is 1. The van der Waals surface area contributed by atoms with Gasteiger partial charge in [-0.05, 0) is 43.2 Å². The molecule has 0 aromatic heterocycles. The Labute approximate surface area is 167 Å². The Kier molecular flexibility index (Phi) is 7.40. The lowest BCUT2D eigenvalue weighted by atomic mass is 10.2. The first-order valence-electron chi connectivity index (χ1n) is 8.68. The van der Waals surface area contributed by atoms with Crippen LogP contribution in [0.5, 0.6) is 0 Å². The van der Waals surface area contributed by atoms with Crippen molar-refractivity contribution in [2.24, 2.45) is 10.2 Å². The van der Waals surface area contributed by atoms with E-state index < -0.39 is 10.8 Å². The van der Waals surface area contributed by atoms with Crippen LogP contribution in [-0.2, 0) is 4.79 Å². The third-order valence-corrected chi connectivity index (χ3v) is 3.98. The number of hydrogen-bond donors (Lipinski definition) is 1. The summed E-state index contributed by atoms with van der Waals surface area (Å²) >= 11 is 0. The van der Waals surface area contributed by atoms with Crippen LogP contribution in [0.2, 0.25) is 0 Å². The van der Waals surface area contributed by atoms with Gasteiger partial charge in [-0.2, -0.15) is 10.4 Å². The van der Waals surface area contributed by atoms with E-state index in [-0.39, 0.29) is 16.9 Å². The molecule has 0 aliphatic carbocycles. The maximum absolute atomic E-state index is 11.1. The molecule has 0 aliphatic heterocycles. The molecule has 0 saturated heterocycles. The zero-order chi connectivity index (χ0) is 21.2.